The van der Waals surface area contributed by atoms with E-state index in [1.54, 1.807) is 0 Å². The summed E-state index contributed by atoms with van der Waals surface area (Å²) in [6.45, 7) is 12.2. The number of halogens is 1. The fourth-order valence-corrected chi connectivity index (χ4v) is 6.50. The van der Waals surface area contributed by atoms with Crippen LogP contribution in [-0.4, -0.2) is 69.2 Å². The van der Waals surface area contributed by atoms with E-state index < -0.39 is 89.6 Å². The maximum absolute atomic E-state index is 15.3. The Morgan fingerprint density at radius 3 is 2.00 bits per heavy atom. The summed E-state index contributed by atoms with van der Waals surface area (Å²) in [5.74, 6) is -1.64. The molecule has 0 bridgehead atoms. The fourth-order valence-electron chi connectivity index (χ4n) is 4.20. The minimum absolute atomic E-state index is 0.358. The molecule has 1 aliphatic rings. The molecule has 2 unspecified atom stereocenters. The van der Waals surface area contributed by atoms with E-state index in [9.17, 15) is 33.2 Å². The van der Waals surface area contributed by atoms with Gasteiger partial charge in [-0.3, -0.25) is 15.1 Å². The molecule has 2 amide bonds. The molecule has 0 saturated carbocycles. The van der Waals surface area contributed by atoms with Crippen molar-refractivity contribution in [3.05, 3.63) is 39.7 Å². The zero-order chi connectivity index (χ0) is 30.4. The number of nitrogens with zero attached hydrogens (tertiary/aromatic N) is 3. The molecule has 0 aliphatic carbocycles. The van der Waals surface area contributed by atoms with Crippen molar-refractivity contribution in [1.82, 2.24) is 4.90 Å². The Morgan fingerprint density at radius 1 is 1.10 bits per heavy atom. The van der Waals surface area contributed by atoms with E-state index in [0.717, 1.165) is 18.2 Å². The van der Waals surface area contributed by atoms with Crippen molar-refractivity contribution in [2.24, 2.45) is 4.99 Å². The van der Waals surface area contributed by atoms with Crippen LogP contribution in [0.25, 0.3) is 0 Å². The number of ether oxygens (including phenoxy) is 2. The molecular formula is C25H36FN3O9S. The smallest absolute Gasteiger partial charge is 0.425 e. The van der Waals surface area contributed by atoms with Crippen molar-refractivity contribution in [1.29, 1.82) is 0 Å². The van der Waals surface area contributed by atoms with Crippen LogP contribution in [0, 0.1) is 15.9 Å². The molecule has 14 heteroatoms. The number of aliphatic imine (C=N–C) groups is 1. The van der Waals surface area contributed by atoms with E-state index >= 15 is 4.39 Å². The summed E-state index contributed by atoms with van der Waals surface area (Å²) in [6, 6.07) is 2.55. The first-order valence-electron chi connectivity index (χ1n) is 12.1. The van der Waals surface area contributed by atoms with Crippen LogP contribution in [0.3, 0.4) is 0 Å². The fraction of sp³-hybridized carbons (Fsp3) is 0.640. The van der Waals surface area contributed by atoms with E-state index in [0.29, 0.717) is 4.90 Å². The average Bonchev–Trinajstić information content (AvgIpc) is 2.73. The summed E-state index contributed by atoms with van der Waals surface area (Å²) in [5, 5.41) is 19.6. The van der Waals surface area contributed by atoms with Gasteiger partial charge in [0.1, 0.15) is 33.1 Å². The summed E-state index contributed by atoms with van der Waals surface area (Å²) >= 11 is 0. The Labute approximate surface area is 227 Å². The number of rotatable bonds is 4. The van der Waals surface area contributed by atoms with Gasteiger partial charge in [0.05, 0.1) is 10.2 Å². The van der Waals surface area contributed by atoms with Crippen LogP contribution in [-0.2, 0) is 24.8 Å². The van der Waals surface area contributed by atoms with E-state index in [1.165, 1.54) is 62.3 Å². The van der Waals surface area contributed by atoms with Gasteiger partial charge in [0.25, 0.3) is 5.69 Å². The Balaban J connectivity index is 3.03. The van der Waals surface area contributed by atoms with Gasteiger partial charge in [0.2, 0.25) is 0 Å². The lowest BCUT2D eigenvalue weighted by molar-refractivity contribution is -0.385. The van der Waals surface area contributed by atoms with Crippen molar-refractivity contribution < 1.29 is 41.9 Å². The molecular weight excluding hydrogens is 537 g/mol. The number of nitro groups is 1. The number of sulfone groups is 1. The van der Waals surface area contributed by atoms with Crippen LogP contribution in [0.1, 0.15) is 74.3 Å². The van der Waals surface area contributed by atoms with Gasteiger partial charge in [-0.1, -0.05) is 0 Å². The predicted molar refractivity (Wildman–Crippen MR) is 141 cm³/mol. The number of carbonyl (C=O) groups is 2. The zero-order valence-electron chi connectivity index (χ0n) is 23.6. The number of benzene rings is 1. The number of non-ortho nitro benzene ring substituents is 1. The van der Waals surface area contributed by atoms with Crippen LogP contribution in [0.5, 0.6) is 0 Å². The highest BCUT2D eigenvalue weighted by atomic mass is 32.2. The number of aliphatic hydroxyl groups is 1. The number of imide groups is 1. The van der Waals surface area contributed by atoms with Crippen molar-refractivity contribution in [3.8, 4) is 0 Å². The van der Waals surface area contributed by atoms with Gasteiger partial charge in [0.15, 0.2) is 9.84 Å². The number of amides is 2. The van der Waals surface area contributed by atoms with Gasteiger partial charge >= 0.3 is 12.2 Å². The predicted octanol–water partition coefficient (Wildman–Crippen LogP) is 4.48. The second-order valence-electron chi connectivity index (χ2n) is 11.9. The topological polar surface area (TPSA) is 166 Å². The Kier molecular flexibility index (Phi) is 8.60. The number of hydrogen-bond acceptors (Lipinski definition) is 10. The van der Waals surface area contributed by atoms with E-state index in [-0.39, 0.29) is 0 Å². The summed E-state index contributed by atoms with van der Waals surface area (Å²) in [5.41, 5.74) is -5.37. The van der Waals surface area contributed by atoms with Crippen LogP contribution in [0.15, 0.2) is 23.2 Å². The molecule has 1 heterocycles. The second-order valence-corrected chi connectivity index (χ2v) is 14.5. The molecule has 2 rings (SSSR count). The summed E-state index contributed by atoms with van der Waals surface area (Å²) in [6.07, 6.45) is -3.00. The van der Waals surface area contributed by atoms with E-state index in [2.05, 4.69) is 4.99 Å². The average molecular weight is 574 g/mol. The molecule has 1 N–H and O–H groups in total. The summed E-state index contributed by atoms with van der Waals surface area (Å²) < 4.78 is 52.2. The van der Waals surface area contributed by atoms with Crippen LogP contribution >= 0.6 is 0 Å². The lowest BCUT2D eigenvalue weighted by atomic mass is 9.85. The maximum atomic E-state index is 15.3. The Hall–Kier alpha value is -3.13. The largest absolute Gasteiger partial charge is 0.443 e. The standard InChI is InChI=1S/C25H36FN3O9S/c1-22(2,3)37-20(31)28(21(32)38-23(4,5)6)19-24(7,8)39(35,36)18(12-13-30)25(9,27-19)16-14-15(29(33)34)10-11-17(16)26/h10-11,14,18,30H,12-13H2,1-9H3. The quantitative estimate of drug-likeness (QED) is 0.404. The number of nitro benzene ring substituents is 1. The molecule has 39 heavy (non-hydrogen) atoms. The number of hydrogen-bond donors (Lipinski definition) is 1. The molecule has 0 spiro atoms. The van der Waals surface area contributed by atoms with Gasteiger partial charge in [-0.25, -0.2) is 22.4 Å². The highest BCUT2D eigenvalue weighted by molar-refractivity contribution is 7.94. The number of aliphatic hydroxyl groups excluding tert-OH is 1. The highest BCUT2D eigenvalue weighted by Gasteiger charge is 2.60. The number of carbonyl (C=O) groups excluding carboxylic acids is 2. The molecule has 1 aromatic carbocycles. The first-order chi connectivity index (χ1) is 17.5. The Bertz CT molecular complexity index is 1270. The van der Waals surface area contributed by atoms with Crippen molar-refractivity contribution in [2.45, 2.75) is 95.5 Å². The zero-order valence-corrected chi connectivity index (χ0v) is 24.4. The van der Waals surface area contributed by atoms with E-state index in [1.807, 2.05) is 0 Å². The first-order valence-corrected chi connectivity index (χ1v) is 13.7. The lowest BCUT2D eigenvalue weighted by Crippen LogP contribution is -2.64. The molecule has 1 aliphatic heterocycles. The molecule has 2 atom stereocenters. The SMILES string of the molecule is CC(C)(C)OC(=O)N(C(=O)OC(C)(C)C)C1=NC(C)(c2cc([N+](=O)[O-])ccc2F)C(CCO)S(=O)(=O)C1(C)C. The van der Waals surface area contributed by atoms with E-state index in [4.69, 9.17) is 9.47 Å². The molecule has 12 nitrogen and oxygen atoms in total. The minimum atomic E-state index is -4.50. The van der Waals surface area contributed by atoms with Gasteiger partial charge in [-0.05, 0) is 74.8 Å². The third kappa shape index (κ3) is 6.38. The number of amidine groups is 1. The third-order valence-electron chi connectivity index (χ3n) is 6.05. The lowest BCUT2D eigenvalue weighted by Gasteiger charge is -2.46. The normalized spacial score (nSPS) is 22.4. The minimum Gasteiger partial charge on any atom is -0.443 e. The molecule has 0 fully saturated rings. The molecule has 218 valence electrons. The Morgan fingerprint density at radius 2 is 1.59 bits per heavy atom. The molecule has 0 saturated heterocycles. The molecule has 1 aromatic rings. The maximum Gasteiger partial charge on any atom is 0.425 e. The monoisotopic (exact) mass is 573 g/mol. The second kappa shape index (κ2) is 10.5. The van der Waals surface area contributed by atoms with Gasteiger partial charge in [-0.15, -0.1) is 0 Å². The first kappa shape index (κ1) is 32.1. The van der Waals surface area contributed by atoms with Gasteiger partial charge in [-0.2, -0.15) is 4.90 Å². The van der Waals surface area contributed by atoms with Crippen LogP contribution < -0.4 is 0 Å². The van der Waals surface area contributed by atoms with Crippen molar-refractivity contribution >= 4 is 33.5 Å². The van der Waals surface area contributed by atoms with Gasteiger partial charge < -0.3 is 14.6 Å². The summed E-state index contributed by atoms with van der Waals surface area (Å²) in [7, 11) is -4.50. The van der Waals surface area contributed by atoms with Gasteiger partial charge in [0, 0.05) is 24.3 Å². The van der Waals surface area contributed by atoms with Crippen molar-refractivity contribution in [2.75, 3.05) is 6.61 Å². The van der Waals surface area contributed by atoms with Crippen molar-refractivity contribution in [3.63, 3.8) is 0 Å². The molecule has 0 aromatic heterocycles. The van der Waals surface area contributed by atoms with Crippen LogP contribution in [0.2, 0.25) is 0 Å². The highest BCUT2D eigenvalue weighted by Crippen LogP contribution is 2.46. The molecule has 0 radical (unpaired) electrons. The third-order valence-corrected chi connectivity index (χ3v) is 9.10. The summed E-state index contributed by atoms with van der Waals surface area (Å²) in [4.78, 5) is 42.3. The van der Waals surface area contributed by atoms with Crippen LogP contribution in [0.4, 0.5) is 19.7 Å².